The molecule has 3 amide bonds. The lowest BCUT2D eigenvalue weighted by atomic mass is 10.1. The minimum Gasteiger partial charge on any atom is -0.480 e. The van der Waals surface area contributed by atoms with E-state index in [2.05, 4.69) is 0 Å². The van der Waals surface area contributed by atoms with Gasteiger partial charge in [-0.05, 0) is 22.9 Å². The molecule has 0 bridgehead atoms. The number of amides is 3. The van der Waals surface area contributed by atoms with Crippen LogP contribution in [-0.2, 0) is 19.2 Å². The largest absolute Gasteiger partial charge is 0.480 e. The Kier molecular flexibility index (Phi) is 6.45. The number of fused-ring (bicyclic) bond motifs is 1. The standard InChI is InChI=1S/C18H20N4O5/c19-8-16(24)22(10-17(25)21(9-15(20)23)11-18(26)27)14-6-5-12-3-1-2-4-13(12)7-14/h1-7H,8-11,19H2,(H2,20,23)(H,26,27). The van der Waals surface area contributed by atoms with Gasteiger partial charge in [0.05, 0.1) is 13.1 Å². The van der Waals surface area contributed by atoms with Crippen molar-refractivity contribution in [2.75, 3.05) is 31.1 Å². The maximum Gasteiger partial charge on any atom is 0.323 e. The van der Waals surface area contributed by atoms with Crippen LogP contribution < -0.4 is 16.4 Å². The van der Waals surface area contributed by atoms with Crippen LogP contribution in [0.3, 0.4) is 0 Å². The third-order valence-electron chi connectivity index (χ3n) is 3.84. The van der Waals surface area contributed by atoms with Gasteiger partial charge in [-0.15, -0.1) is 0 Å². The first-order chi connectivity index (χ1) is 12.8. The molecule has 0 fully saturated rings. The van der Waals surface area contributed by atoms with E-state index in [0.29, 0.717) is 5.69 Å². The van der Waals surface area contributed by atoms with E-state index in [1.807, 2.05) is 24.3 Å². The van der Waals surface area contributed by atoms with Crippen molar-refractivity contribution in [1.82, 2.24) is 4.90 Å². The predicted molar refractivity (Wildman–Crippen MR) is 98.8 cm³/mol. The second kappa shape index (κ2) is 8.77. The summed E-state index contributed by atoms with van der Waals surface area (Å²) in [5, 5.41) is 10.7. The van der Waals surface area contributed by atoms with Gasteiger partial charge in [-0.3, -0.25) is 19.2 Å². The van der Waals surface area contributed by atoms with Crippen molar-refractivity contribution in [1.29, 1.82) is 0 Å². The molecule has 2 aromatic rings. The Morgan fingerprint density at radius 1 is 0.889 bits per heavy atom. The molecular formula is C18H20N4O5. The molecule has 0 aliphatic rings. The molecular weight excluding hydrogens is 352 g/mol. The molecule has 0 atom stereocenters. The molecule has 9 nitrogen and oxygen atoms in total. The molecule has 9 heteroatoms. The number of benzene rings is 2. The van der Waals surface area contributed by atoms with E-state index in [0.717, 1.165) is 20.6 Å². The number of nitrogens with two attached hydrogens (primary N) is 2. The summed E-state index contributed by atoms with van der Waals surface area (Å²) in [6, 6.07) is 12.7. The van der Waals surface area contributed by atoms with Crippen LogP contribution in [0.2, 0.25) is 0 Å². The van der Waals surface area contributed by atoms with Crippen molar-refractivity contribution in [3.05, 3.63) is 42.5 Å². The highest BCUT2D eigenvalue weighted by atomic mass is 16.4. The molecule has 0 saturated carbocycles. The molecule has 2 rings (SSSR count). The molecule has 0 saturated heterocycles. The van der Waals surface area contributed by atoms with Crippen molar-refractivity contribution < 1.29 is 24.3 Å². The summed E-state index contributed by atoms with van der Waals surface area (Å²) < 4.78 is 0. The van der Waals surface area contributed by atoms with Gasteiger partial charge in [0.15, 0.2) is 0 Å². The van der Waals surface area contributed by atoms with Gasteiger partial charge in [0.1, 0.15) is 13.1 Å². The predicted octanol–water partition coefficient (Wildman–Crippen LogP) is -0.470. The van der Waals surface area contributed by atoms with E-state index in [1.165, 1.54) is 0 Å². The molecule has 5 N–H and O–H groups in total. The highest BCUT2D eigenvalue weighted by molar-refractivity contribution is 6.02. The van der Waals surface area contributed by atoms with Crippen LogP contribution in [0.4, 0.5) is 5.69 Å². The summed E-state index contributed by atoms with van der Waals surface area (Å²) in [6.45, 7) is -2.07. The van der Waals surface area contributed by atoms with Crippen LogP contribution in [0.15, 0.2) is 42.5 Å². The Labute approximate surface area is 155 Å². The molecule has 0 radical (unpaired) electrons. The second-order valence-corrected chi connectivity index (χ2v) is 5.83. The average Bonchev–Trinajstić information content (AvgIpc) is 2.63. The fourth-order valence-corrected chi connectivity index (χ4v) is 2.60. The zero-order valence-corrected chi connectivity index (χ0v) is 14.5. The van der Waals surface area contributed by atoms with Crippen LogP contribution in [0, 0.1) is 0 Å². The number of carbonyl (C=O) groups is 4. The first-order valence-electron chi connectivity index (χ1n) is 8.09. The van der Waals surface area contributed by atoms with Gasteiger partial charge in [-0.2, -0.15) is 0 Å². The van der Waals surface area contributed by atoms with Crippen LogP contribution in [0.1, 0.15) is 0 Å². The van der Waals surface area contributed by atoms with Crippen LogP contribution in [-0.4, -0.2) is 59.9 Å². The zero-order chi connectivity index (χ0) is 20.0. The lowest BCUT2D eigenvalue weighted by Gasteiger charge is -2.26. The average molecular weight is 372 g/mol. The Morgan fingerprint density at radius 2 is 1.56 bits per heavy atom. The normalized spacial score (nSPS) is 10.4. The molecule has 0 heterocycles. The smallest absolute Gasteiger partial charge is 0.323 e. The molecule has 0 unspecified atom stereocenters. The fraction of sp³-hybridized carbons (Fsp3) is 0.222. The van der Waals surface area contributed by atoms with E-state index < -0.39 is 43.3 Å². The topological polar surface area (TPSA) is 147 Å². The third-order valence-corrected chi connectivity index (χ3v) is 3.84. The van der Waals surface area contributed by atoms with Gasteiger partial charge in [0.25, 0.3) is 0 Å². The van der Waals surface area contributed by atoms with Gasteiger partial charge in [-0.25, -0.2) is 0 Å². The van der Waals surface area contributed by atoms with Crippen molar-refractivity contribution in [3.8, 4) is 0 Å². The van der Waals surface area contributed by atoms with E-state index >= 15 is 0 Å². The second-order valence-electron chi connectivity index (χ2n) is 5.83. The fourth-order valence-electron chi connectivity index (χ4n) is 2.60. The van der Waals surface area contributed by atoms with Crippen LogP contribution in [0.5, 0.6) is 0 Å². The highest BCUT2D eigenvalue weighted by Crippen LogP contribution is 2.22. The zero-order valence-electron chi connectivity index (χ0n) is 14.5. The maximum absolute atomic E-state index is 12.5. The molecule has 0 aliphatic carbocycles. The number of anilines is 1. The van der Waals surface area contributed by atoms with E-state index in [4.69, 9.17) is 16.6 Å². The quantitative estimate of drug-likeness (QED) is 0.571. The van der Waals surface area contributed by atoms with Gasteiger partial charge in [-0.1, -0.05) is 30.3 Å². The van der Waals surface area contributed by atoms with Crippen LogP contribution in [0.25, 0.3) is 10.8 Å². The number of hydrogen-bond acceptors (Lipinski definition) is 5. The van der Waals surface area contributed by atoms with Crippen molar-refractivity contribution in [3.63, 3.8) is 0 Å². The number of primary amides is 1. The lowest BCUT2D eigenvalue weighted by Crippen LogP contribution is -2.48. The van der Waals surface area contributed by atoms with E-state index in [1.54, 1.807) is 18.2 Å². The molecule has 27 heavy (non-hydrogen) atoms. The van der Waals surface area contributed by atoms with Crippen molar-refractivity contribution in [2.45, 2.75) is 0 Å². The SMILES string of the molecule is NCC(=O)N(CC(=O)N(CC(N)=O)CC(=O)O)c1ccc2ccccc2c1. The Hall–Kier alpha value is -3.46. The Morgan fingerprint density at radius 3 is 2.15 bits per heavy atom. The summed E-state index contributed by atoms with van der Waals surface area (Å²) in [6.07, 6.45) is 0. The molecule has 0 aromatic heterocycles. The van der Waals surface area contributed by atoms with Crippen molar-refractivity contribution in [2.24, 2.45) is 11.5 Å². The van der Waals surface area contributed by atoms with Crippen molar-refractivity contribution >= 4 is 40.2 Å². The maximum atomic E-state index is 12.5. The third kappa shape index (κ3) is 5.25. The minimum absolute atomic E-state index is 0.338. The number of carboxylic acid groups (broad SMARTS) is 1. The highest BCUT2D eigenvalue weighted by Gasteiger charge is 2.24. The van der Waals surface area contributed by atoms with Gasteiger partial charge < -0.3 is 26.4 Å². The summed E-state index contributed by atoms with van der Waals surface area (Å²) >= 11 is 0. The van der Waals surface area contributed by atoms with E-state index in [9.17, 15) is 19.2 Å². The molecule has 2 aromatic carbocycles. The number of nitrogens with zero attached hydrogens (tertiary/aromatic N) is 2. The molecule has 0 aliphatic heterocycles. The van der Waals surface area contributed by atoms with Gasteiger partial charge in [0.2, 0.25) is 17.7 Å². The number of hydrogen-bond donors (Lipinski definition) is 3. The summed E-state index contributed by atoms with van der Waals surface area (Å²) in [5.74, 6) is -3.40. The van der Waals surface area contributed by atoms with E-state index in [-0.39, 0.29) is 6.54 Å². The number of aliphatic carboxylic acids is 1. The Balaban J connectivity index is 2.31. The molecule has 0 spiro atoms. The molecule has 142 valence electrons. The summed E-state index contributed by atoms with van der Waals surface area (Å²) in [5.41, 5.74) is 11.0. The summed E-state index contributed by atoms with van der Waals surface area (Å²) in [4.78, 5) is 48.8. The Bertz CT molecular complexity index is 867. The number of rotatable bonds is 8. The number of carbonyl (C=O) groups excluding carboxylic acids is 3. The van der Waals surface area contributed by atoms with Gasteiger partial charge in [0, 0.05) is 5.69 Å². The summed E-state index contributed by atoms with van der Waals surface area (Å²) in [7, 11) is 0. The first-order valence-corrected chi connectivity index (χ1v) is 8.09. The monoisotopic (exact) mass is 372 g/mol. The lowest BCUT2D eigenvalue weighted by molar-refractivity contribution is -0.145. The minimum atomic E-state index is -1.30. The first kappa shape index (κ1) is 19.9. The van der Waals surface area contributed by atoms with Gasteiger partial charge >= 0.3 is 5.97 Å². The van der Waals surface area contributed by atoms with Crippen LogP contribution >= 0.6 is 0 Å². The number of carboxylic acids is 1.